The number of benzene rings is 1. The van der Waals surface area contributed by atoms with Crippen LogP contribution in [0, 0.1) is 12.7 Å². The first kappa shape index (κ1) is 29.2. The number of hydrogen-bond acceptors (Lipinski definition) is 10. The molecule has 5 aliphatic heterocycles. The first-order chi connectivity index (χ1) is 21.6. The summed E-state index contributed by atoms with van der Waals surface area (Å²) in [6, 6.07) is 1.58. The summed E-state index contributed by atoms with van der Waals surface area (Å²) in [5.41, 5.74) is 2.99. The van der Waals surface area contributed by atoms with Crippen molar-refractivity contribution in [1.82, 2.24) is 25.2 Å². The minimum atomic E-state index is -4.87. The molecule has 0 aliphatic carbocycles. The maximum absolute atomic E-state index is 16.8. The summed E-state index contributed by atoms with van der Waals surface area (Å²) in [6.45, 7) is 4.38. The zero-order valence-corrected chi connectivity index (χ0v) is 25.2. The van der Waals surface area contributed by atoms with Crippen LogP contribution in [0.1, 0.15) is 36.8 Å². The summed E-state index contributed by atoms with van der Waals surface area (Å²) >= 11 is 6.81. The van der Waals surface area contributed by atoms with E-state index in [9.17, 15) is 13.2 Å². The summed E-state index contributed by atoms with van der Waals surface area (Å²) in [7, 11) is 0. The number of aryl methyl sites for hydroxylation is 1. The van der Waals surface area contributed by atoms with Gasteiger partial charge >= 0.3 is 12.2 Å². The minimum Gasteiger partial charge on any atom is -0.489 e. The van der Waals surface area contributed by atoms with Crippen molar-refractivity contribution in [2.75, 3.05) is 50.2 Å². The number of alkyl halides is 3. The summed E-state index contributed by atoms with van der Waals surface area (Å²) < 4.78 is 78.1. The molecule has 0 amide bonds. The van der Waals surface area contributed by atoms with Gasteiger partial charge < -0.3 is 30.2 Å². The molecule has 3 N–H and O–H groups in total. The van der Waals surface area contributed by atoms with Crippen LogP contribution in [0.3, 0.4) is 0 Å². The highest BCUT2D eigenvalue weighted by atomic mass is 35.5. The first-order valence-corrected chi connectivity index (χ1v) is 15.7. The van der Waals surface area contributed by atoms with Gasteiger partial charge in [-0.3, -0.25) is 4.90 Å². The number of nitrogen functional groups attached to an aromatic ring is 1. The van der Waals surface area contributed by atoms with E-state index in [4.69, 9.17) is 36.5 Å². The Morgan fingerprint density at radius 1 is 1.16 bits per heavy atom. The zero-order valence-electron chi connectivity index (χ0n) is 24.5. The number of nitrogens with two attached hydrogens (primary N) is 1. The third kappa shape index (κ3) is 4.74. The van der Waals surface area contributed by atoms with Gasteiger partial charge in [0.25, 0.3) is 0 Å². The fraction of sp³-hybridized carbons (Fsp3) is 0.567. The monoisotopic (exact) mass is 649 g/mol. The third-order valence-corrected chi connectivity index (χ3v) is 10.3. The molecule has 10 nitrogen and oxygen atoms in total. The van der Waals surface area contributed by atoms with Gasteiger partial charge in [-0.25, -0.2) is 9.37 Å². The molecule has 8 rings (SSSR count). The summed E-state index contributed by atoms with van der Waals surface area (Å²) in [5, 5.41) is 3.46. The van der Waals surface area contributed by atoms with Crippen LogP contribution in [-0.2, 0) is 10.9 Å². The molecule has 1 aromatic carbocycles. The van der Waals surface area contributed by atoms with E-state index in [2.05, 4.69) is 25.1 Å². The molecule has 45 heavy (non-hydrogen) atoms. The van der Waals surface area contributed by atoms with Gasteiger partial charge in [0, 0.05) is 37.3 Å². The van der Waals surface area contributed by atoms with E-state index in [1.165, 1.54) is 6.92 Å². The fourth-order valence-corrected chi connectivity index (χ4v) is 8.21. The molecule has 15 heteroatoms. The van der Waals surface area contributed by atoms with E-state index < -0.39 is 28.8 Å². The number of halogens is 5. The lowest BCUT2D eigenvalue weighted by Gasteiger charge is -2.40. The molecule has 240 valence electrons. The molecule has 4 fully saturated rings. The smallest absolute Gasteiger partial charge is 0.418 e. The molecule has 0 spiro atoms. The lowest BCUT2D eigenvalue weighted by molar-refractivity contribution is -0.137. The normalized spacial score (nSPS) is 27.7. The number of aromatic nitrogens is 3. The lowest BCUT2D eigenvalue weighted by Crippen LogP contribution is -2.60. The second-order valence-electron chi connectivity index (χ2n) is 12.6. The number of hydrogen-bond donors (Lipinski definition) is 2. The van der Waals surface area contributed by atoms with E-state index in [0.717, 1.165) is 38.3 Å². The van der Waals surface area contributed by atoms with Crippen molar-refractivity contribution in [3.8, 4) is 23.0 Å². The van der Waals surface area contributed by atoms with Gasteiger partial charge in [0.1, 0.15) is 30.4 Å². The van der Waals surface area contributed by atoms with E-state index in [-0.39, 0.29) is 76.4 Å². The number of rotatable bonds is 4. The topological polar surface area (TPSA) is 111 Å². The van der Waals surface area contributed by atoms with Crippen LogP contribution < -0.4 is 25.4 Å². The molecule has 5 aliphatic rings. The van der Waals surface area contributed by atoms with E-state index in [1.807, 2.05) is 0 Å². The fourth-order valence-electron chi connectivity index (χ4n) is 7.89. The second-order valence-corrected chi connectivity index (χ2v) is 12.9. The Bertz CT molecular complexity index is 1690. The quantitative estimate of drug-likeness (QED) is 0.396. The van der Waals surface area contributed by atoms with Crippen molar-refractivity contribution in [3.05, 3.63) is 28.0 Å². The van der Waals surface area contributed by atoms with Crippen molar-refractivity contribution in [2.24, 2.45) is 0 Å². The molecule has 4 saturated heterocycles. The summed E-state index contributed by atoms with van der Waals surface area (Å²) in [6.07, 6.45) is -1.09. The van der Waals surface area contributed by atoms with Gasteiger partial charge in [-0.1, -0.05) is 11.6 Å². The zero-order chi connectivity index (χ0) is 31.2. The number of nitrogens with zero attached hydrogens (tertiary/aromatic N) is 5. The average Bonchev–Trinajstić information content (AvgIpc) is 3.54. The molecule has 1 unspecified atom stereocenters. The van der Waals surface area contributed by atoms with Crippen LogP contribution in [0.2, 0.25) is 5.02 Å². The number of fused-ring (bicyclic) bond motifs is 6. The number of morpholine rings is 1. The average molecular weight is 650 g/mol. The molecule has 3 aromatic rings. The number of nitrogens with one attached hydrogen (secondary N) is 1. The number of anilines is 2. The molecule has 2 bridgehead atoms. The Morgan fingerprint density at radius 2 is 2.00 bits per heavy atom. The molecular weight excluding hydrogens is 618 g/mol. The molecular formula is C30H32ClF4N7O3. The SMILES string of the molecule is Cc1cc(N)nc(-c2c(Cl)c3c4c(nc(OC[C@@H]5CCC6COCCN65)nc4c2F)N2C[C@H]4CC[C@H](N4)[C@H]2CO3)c1C(F)(F)F. The number of pyridine rings is 1. The standard InChI is InChI=1S/C30H32ClF4N7O3/c1-13-8-19(36)38-25(22(13)30(33,34)35)20-23(31)27-21-26(24(20)32)39-29(45-11-16-4-3-15-10-43-7-6-41(15)16)40-28(21)42-9-14-2-5-17(37-14)18(42)12-44-27/h8,14-18,37H,2-7,9-12H2,1H3,(H2,36,38)/t14-,15?,16+,17+,18-/m1/s1. The maximum Gasteiger partial charge on any atom is 0.418 e. The molecule has 0 radical (unpaired) electrons. The van der Waals surface area contributed by atoms with Crippen molar-refractivity contribution in [3.63, 3.8) is 0 Å². The van der Waals surface area contributed by atoms with Gasteiger partial charge in [-0.15, -0.1) is 0 Å². The summed E-state index contributed by atoms with van der Waals surface area (Å²) in [5.74, 6) is -0.884. The van der Waals surface area contributed by atoms with Crippen molar-refractivity contribution in [2.45, 2.75) is 69.0 Å². The maximum atomic E-state index is 16.8. The van der Waals surface area contributed by atoms with Gasteiger partial charge in [0.05, 0.1) is 46.5 Å². The Balaban J connectivity index is 1.30. The summed E-state index contributed by atoms with van der Waals surface area (Å²) in [4.78, 5) is 17.7. The highest BCUT2D eigenvalue weighted by molar-refractivity contribution is 6.36. The Hall–Kier alpha value is -3.20. The molecule has 5 atom stereocenters. The Morgan fingerprint density at radius 3 is 2.82 bits per heavy atom. The Labute approximate surface area is 261 Å². The highest BCUT2D eigenvalue weighted by Gasteiger charge is 2.45. The van der Waals surface area contributed by atoms with Gasteiger partial charge in [-0.2, -0.15) is 23.1 Å². The predicted octanol–water partition coefficient (Wildman–Crippen LogP) is 4.34. The number of piperazine rings is 1. The molecule has 7 heterocycles. The minimum absolute atomic E-state index is 0.0110. The molecule has 0 saturated carbocycles. The van der Waals surface area contributed by atoms with E-state index >= 15 is 4.39 Å². The van der Waals surface area contributed by atoms with Crippen LogP contribution in [-0.4, -0.2) is 89.6 Å². The lowest BCUT2D eigenvalue weighted by atomic mass is 9.98. The van der Waals surface area contributed by atoms with Crippen molar-refractivity contribution < 1.29 is 31.8 Å². The van der Waals surface area contributed by atoms with Crippen LogP contribution in [0.5, 0.6) is 11.8 Å². The van der Waals surface area contributed by atoms with E-state index in [0.29, 0.717) is 31.6 Å². The molecule has 2 aromatic heterocycles. The second kappa shape index (κ2) is 10.7. The van der Waals surface area contributed by atoms with Crippen LogP contribution in [0.4, 0.5) is 29.2 Å². The predicted molar refractivity (Wildman–Crippen MR) is 158 cm³/mol. The van der Waals surface area contributed by atoms with Crippen molar-refractivity contribution in [1.29, 1.82) is 0 Å². The first-order valence-electron chi connectivity index (χ1n) is 15.3. The van der Waals surface area contributed by atoms with Crippen molar-refractivity contribution >= 4 is 34.1 Å². The highest BCUT2D eigenvalue weighted by Crippen LogP contribution is 2.51. The third-order valence-electron chi connectivity index (χ3n) is 9.91. The Kier molecular flexibility index (Phi) is 6.93. The number of ether oxygens (including phenoxy) is 3. The van der Waals surface area contributed by atoms with Crippen LogP contribution in [0.15, 0.2) is 6.07 Å². The van der Waals surface area contributed by atoms with Crippen LogP contribution >= 0.6 is 11.6 Å². The largest absolute Gasteiger partial charge is 0.489 e. The van der Waals surface area contributed by atoms with Gasteiger partial charge in [0.2, 0.25) is 0 Å². The van der Waals surface area contributed by atoms with Gasteiger partial charge in [0.15, 0.2) is 11.6 Å². The van der Waals surface area contributed by atoms with Crippen LogP contribution in [0.25, 0.3) is 22.2 Å². The van der Waals surface area contributed by atoms with E-state index in [1.54, 1.807) is 0 Å². The van der Waals surface area contributed by atoms with Gasteiger partial charge in [-0.05, 0) is 44.2 Å².